The molecule has 0 radical (unpaired) electrons. The minimum atomic E-state index is -2.04. The highest BCUT2D eigenvalue weighted by Crippen LogP contribution is 2.29. The van der Waals surface area contributed by atoms with Gasteiger partial charge in [0.2, 0.25) is 0 Å². The fourth-order valence-electron chi connectivity index (χ4n) is 3.11. The molecule has 0 amide bonds. The van der Waals surface area contributed by atoms with Gasteiger partial charge in [-0.1, -0.05) is 0 Å². The summed E-state index contributed by atoms with van der Waals surface area (Å²) in [5.41, 5.74) is 0. The van der Waals surface area contributed by atoms with Crippen molar-refractivity contribution in [1.82, 2.24) is 0 Å². The number of hydrogen-bond acceptors (Lipinski definition) is 14. The number of aliphatic carboxylic acids is 1. The van der Waals surface area contributed by atoms with Crippen molar-refractivity contribution in [1.29, 1.82) is 0 Å². The molecule has 0 aromatic heterocycles. The average Bonchev–Trinajstić information content (AvgIpc) is 2.72. The third-order valence-corrected chi connectivity index (χ3v) is 4.82. The molecule has 180 valence electrons. The van der Waals surface area contributed by atoms with Gasteiger partial charge in [-0.3, -0.25) is 4.79 Å². The summed E-state index contributed by atoms with van der Waals surface area (Å²) >= 11 is 0. The van der Waals surface area contributed by atoms with Gasteiger partial charge in [-0.15, -0.1) is 0 Å². The van der Waals surface area contributed by atoms with Crippen molar-refractivity contribution in [2.45, 2.75) is 73.9 Å². The Hall–Kier alpha value is -1.50. The lowest BCUT2D eigenvalue weighted by Crippen LogP contribution is -2.65. The van der Waals surface area contributed by atoms with Crippen LogP contribution in [0.1, 0.15) is 6.42 Å². The Balaban J connectivity index is 2.15. The number of carboxylic acids is 1. The normalized spacial score (nSPS) is 42.1. The maximum atomic E-state index is 12.3. The molecule has 2 rings (SSSR count). The summed E-state index contributed by atoms with van der Waals surface area (Å²) in [6.45, 7) is -1.67. The first-order valence-corrected chi connectivity index (χ1v) is 9.20. The van der Waals surface area contributed by atoms with Crippen molar-refractivity contribution < 1.29 is 74.5 Å². The van der Waals surface area contributed by atoms with Crippen LogP contribution in [0, 0.1) is 0 Å². The smallest absolute Gasteiger partial charge is 0.338 e. The second kappa shape index (κ2) is 10.9. The molecule has 2 saturated heterocycles. The number of hydrogen-bond donors (Lipinski definition) is 9. The van der Waals surface area contributed by atoms with E-state index < -0.39 is 99.1 Å². The van der Waals surface area contributed by atoms with Crippen LogP contribution >= 0.6 is 0 Å². The molecule has 0 bridgehead atoms. The monoisotopic (exact) mass is 458 g/mol. The van der Waals surface area contributed by atoms with E-state index in [9.17, 15) is 45.3 Å². The Morgan fingerprint density at radius 3 is 2.06 bits per heavy atom. The number of carbonyl (C=O) groups excluding carboxylic acids is 1. The van der Waals surface area contributed by atoms with Crippen LogP contribution in [-0.4, -0.2) is 139 Å². The van der Waals surface area contributed by atoms with Gasteiger partial charge in [0.15, 0.2) is 18.7 Å². The fourth-order valence-corrected chi connectivity index (χ4v) is 3.11. The van der Waals surface area contributed by atoms with E-state index in [1.165, 1.54) is 0 Å². The number of carboxylic acid groups (broad SMARTS) is 1. The maximum Gasteiger partial charge on any atom is 0.338 e. The van der Waals surface area contributed by atoms with Gasteiger partial charge in [-0.05, 0) is 0 Å². The molecule has 2 heterocycles. The number of aliphatic hydroxyl groups excluding tert-OH is 8. The zero-order valence-corrected chi connectivity index (χ0v) is 15.9. The molecule has 2 fully saturated rings. The van der Waals surface area contributed by atoms with Gasteiger partial charge in [0.25, 0.3) is 0 Å². The summed E-state index contributed by atoms with van der Waals surface area (Å²) in [4.78, 5) is 23.0. The number of aliphatic hydroxyl groups is 8. The molecule has 2 aliphatic rings. The highest BCUT2D eigenvalue weighted by atomic mass is 16.7. The molecular weight excluding hydrogens is 432 g/mol. The zero-order chi connectivity index (χ0) is 23.5. The Morgan fingerprint density at radius 2 is 1.52 bits per heavy atom. The first-order valence-electron chi connectivity index (χ1n) is 9.20. The van der Waals surface area contributed by atoms with Crippen LogP contribution in [0.3, 0.4) is 0 Å². The van der Waals surface area contributed by atoms with Crippen molar-refractivity contribution in [3.63, 3.8) is 0 Å². The summed E-state index contributed by atoms with van der Waals surface area (Å²) in [5, 5.41) is 86.8. The van der Waals surface area contributed by atoms with E-state index in [0.29, 0.717) is 0 Å². The fraction of sp³-hybridized carbons (Fsp3) is 0.875. The second-order valence-corrected chi connectivity index (χ2v) is 7.07. The van der Waals surface area contributed by atoms with Gasteiger partial charge in [0.1, 0.15) is 48.8 Å². The van der Waals surface area contributed by atoms with E-state index in [4.69, 9.17) is 29.2 Å². The number of carbonyl (C=O) groups is 2. The van der Waals surface area contributed by atoms with Crippen LogP contribution in [-0.2, 0) is 28.5 Å². The van der Waals surface area contributed by atoms with Crippen LogP contribution < -0.4 is 0 Å². The molecule has 31 heavy (non-hydrogen) atoms. The van der Waals surface area contributed by atoms with Crippen LogP contribution in [0.15, 0.2) is 0 Å². The van der Waals surface area contributed by atoms with Gasteiger partial charge < -0.3 is 64.9 Å². The summed E-state index contributed by atoms with van der Waals surface area (Å²) < 4.78 is 20.0. The Bertz CT molecular complexity index is 614. The van der Waals surface area contributed by atoms with Crippen molar-refractivity contribution in [2.75, 3.05) is 13.2 Å². The molecule has 0 saturated carbocycles. The first-order chi connectivity index (χ1) is 14.5. The van der Waals surface area contributed by atoms with E-state index >= 15 is 0 Å². The predicted molar refractivity (Wildman–Crippen MR) is 90.8 cm³/mol. The lowest BCUT2D eigenvalue weighted by Gasteiger charge is -2.45. The highest BCUT2D eigenvalue weighted by Gasteiger charge is 2.52. The summed E-state index contributed by atoms with van der Waals surface area (Å²) in [7, 11) is 0. The number of rotatable bonds is 8. The lowest BCUT2D eigenvalue weighted by molar-refractivity contribution is -0.351. The molecule has 1 unspecified atom stereocenters. The highest BCUT2D eigenvalue weighted by molar-refractivity contribution is 5.76. The summed E-state index contributed by atoms with van der Waals surface area (Å²) in [5.74, 6) is -2.78. The van der Waals surface area contributed by atoms with Crippen molar-refractivity contribution in [2.24, 2.45) is 0 Å². The quantitative estimate of drug-likeness (QED) is 0.153. The third kappa shape index (κ3) is 5.85. The minimum absolute atomic E-state index is 0.764. The standard InChI is InChI=1S/C16H26O15/c17-2-4(1-6(19)20)28-15(27)13-8(22)7(21)11(25)16(31-13)30-12-5(3-18)29-14(26)10(24)9(12)23/h4-5,7-14,16-18,21-26H,1-3H2,(H,19,20)/t4?,5-,7+,8-,9-,10-,11-,12-,13+,14+,16-/m1/s1. The molecule has 0 aromatic carbocycles. The molecule has 15 heteroatoms. The zero-order valence-electron chi connectivity index (χ0n) is 15.9. The topological polar surface area (TPSA) is 253 Å². The second-order valence-electron chi connectivity index (χ2n) is 7.07. The van der Waals surface area contributed by atoms with E-state index in [-0.39, 0.29) is 0 Å². The van der Waals surface area contributed by atoms with Gasteiger partial charge in [0.05, 0.1) is 19.6 Å². The lowest BCUT2D eigenvalue weighted by atomic mass is 9.97. The van der Waals surface area contributed by atoms with E-state index in [1.807, 2.05) is 0 Å². The van der Waals surface area contributed by atoms with E-state index in [1.54, 1.807) is 0 Å². The molecule has 9 N–H and O–H groups in total. The van der Waals surface area contributed by atoms with Crippen molar-refractivity contribution >= 4 is 11.9 Å². The molecule has 0 spiro atoms. The molecule has 0 aromatic rings. The summed E-state index contributed by atoms with van der Waals surface area (Å²) in [6, 6.07) is 0. The van der Waals surface area contributed by atoms with Crippen molar-refractivity contribution in [3.8, 4) is 0 Å². The molecular formula is C16H26O15. The molecule has 11 atom stereocenters. The summed E-state index contributed by atoms with van der Waals surface area (Å²) in [6.07, 6.45) is -20.8. The third-order valence-electron chi connectivity index (χ3n) is 4.82. The molecule has 15 nitrogen and oxygen atoms in total. The van der Waals surface area contributed by atoms with Crippen molar-refractivity contribution in [3.05, 3.63) is 0 Å². The predicted octanol–water partition coefficient (Wildman–Crippen LogP) is -6.01. The average molecular weight is 458 g/mol. The van der Waals surface area contributed by atoms with Crippen LogP contribution in [0.5, 0.6) is 0 Å². The Labute approximate surface area is 174 Å². The minimum Gasteiger partial charge on any atom is -0.481 e. The molecule has 2 aliphatic heterocycles. The van der Waals surface area contributed by atoms with Crippen LogP contribution in [0.2, 0.25) is 0 Å². The van der Waals surface area contributed by atoms with Gasteiger partial charge >= 0.3 is 11.9 Å². The van der Waals surface area contributed by atoms with Gasteiger partial charge in [-0.25, -0.2) is 4.79 Å². The largest absolute Gasteiger partial charge is 0.481 e. The Kier molecular flexibility index (Phi) is 9.04. The Morgan fingerprint density at radius 1 is 0.871 bits per heavy atom. The van der Waals surface area contributed by atoms with Crippen LogP contribution in [0.4, 0.5) is 0 Å². The number of esters is 1. The van der Waals surface area contributed by atoms with Gasteiger partial charge in [0, 0.05) is 0 Å². The molecule has 0 aliphatic carbocycles. The van der Waals surface area contributed by atoms with E-state index in [2.05, 4.69) is 0 Å². The number of ether oxygens (including phenoxy) is 4. The maximum absolute atomic E-state index is 12.3. The van der Waals surface area contributed by atoms with Crippen LogP contribution in [0.25, 0.3) is 0 Å². The first kappa shape index (κ1) is 25.8. The van der Waals surface area contributed by atoms with Gasteiger partial charge in [-0.2, -0.15) is 0 Å². The van der Waals surface area contributed by atoms with E-state index in [0.717, 1.165) is 0 Å². The SMILES string of the molecule is O=C(O)CC(CO)OC(=O)[C@H]1O[C@@H](O[C@H]2[C@H](O)[C@@H](O)[C@@H](O)O[C@@H]2CO)[C@H](O)[C@@H](O)[C@H]1O.